The number of aromatic carboxylic acids is 1. The second-order valence-electron chi connectivity index (χ2n) is 5.40. The molecule has 0 aliphatic carbocycles. The molecule has 1 aliphatic heterocycles. The summed E-state index contributed by atoms with van der Waals surface area (Å²) in [5, 5.41) is 8.87. The van der Waals surface area contributed by atoms with E-state index in [4.69, 9.17) is 9.52 Å². The Bertz CT molecular complexity index is 426. The largest absolute Gasteiger partial charge is 0.475 e. The van der Waals surface area contributed by atoms with Crippen LogP contribution in [0.25, 0.3) is 0 Å². The van der Waals surface area contributed by atoms with Gasteiger partial charge in [-0.1, -0.05) is 6.92 Å². The van der Waals surface area contributed by atoms with Gasteiger partial charge in [-0.2, -0.15) is 0 Å². The summed E-state index contributed by atoms with van der Waals surface area (Å²) >= 11 is 0. The van der Waals surface area contributed by atoms with E-state index in [2.05, 4.69) is 25.7 Å². The molecule has 1 saturated heterocycles. The predicted octanol–water partition coefficient (Wildman–Crippen LogP) is 3.16. The second kappa shape index (κ2) is 5.14. The molecule has 0 aromatic carbocycles. The first-order valence-electron chi connectivity index (χ1n) is 6.57. The Balaban J connectivity index is 2.10. The number of carboxylic acid groups (broad SMARTS) is 1. The summed E-state index contributed by atoms with van der Waals surface area (Å²) in [5.41, 5.74) is 0. The van der Waals surface area contributed by atoms with Crippen molar-refractivity contribution in [3.05, 3.63) is 23.7 Å². The number of hydrogen-bond acceptors (Lipinski definition) is 3. The summed E-state index contributed by atoms with van der Waals surface area (Å²) in [6, 6.07) is 3.97. The van der Waals surface area contributed by atoms with E-state index >= 15 is 0 Å². The quantitative estimate of drug-likeness (QED) is 0.896. The summed E-state index contributed by atoms with van der Waals surface area (Å²) in [6.45, 7) is 7.64. The number of furan rings is 1. The van der Waals surface area contributed by atoms with Gasteiger partial charge in [0, 0.05) is 6.04 Å². The minimum Gasteiger partial charge on any atom is -0.475 e. The van der Waals surface area contributed by atoms with E-state index in [1.807, 2.05) is 0 Å². The molecule has 0 radical (unpaired) electrons. The lowest BCUT2D eigenvalue weighted by Gasteiger charge is -2.39. The van der Waals surface area contributed by atoms with Crippen LogP contribution >= 0.6 is 0 Å². The Morgan fingerprint density at radius 2 is 2.22 bits per heavy atom. The molecule has 0 amide bonds. The van der Waals surface area contributed by atoms with Crippen molar-refractivity contribution in [3.63, 3.8) is 0 Å². The van der Waals surface area contributed by atoms with Crippen LogP contribution in [-0.4, -0.2) is 28.6 Å². The summed E-state index contributed by atoms with van der Waals surface area (Å²) in [6.07, 6.45) is 2.39. The minimum atomic E-state index is -1.01. The van der Waals surface area contributed by atoms with E-state index in [1.54, 1.807) is 6.07 Å². The minimum absolute atomic E-state index is 0.0230. The van der Waals surface area contributed by atoms with Crippen molar-refractivity contribution in [2.45, 2.75) is 45.7 Å². The molecule has 0 spiro atoms. The van der Waals surface area contributed by atoms with Crippen LogP contribution in [0.3, 0.4) is 0 Å². The summed E-state index contributed by atoms with van der Waals surface area (Å²) < 4.78 is 5.39. The average molecular weight is 251 g/mol. The average Bonchev–Trinajstić information content (AvgIpc) is 2.77. The fraction of sp³-hybridized carbons (Fsp3) is 0.643. The zero-order valence-electron chi connectivity index (χ0n) is 11.2. The monoisotopic (exact) mass is 251 g/mol. The van der Waals surface area contributed by atoms with Crippen LogP contribution in [0.4, 0.5) is 0 Å². The number of likely N-dealkylation sites (tertiary alicyclic amines) is 1. The van der Waals surface area contributed by atoms with Gasteiger partial charge >= 0.3 is 5.97 Å². The van der Waals surface area contributed by atoms with Gasteiger partial charge in [-0.3, -0.25) is 4.90 Å². The highest BCUT2D eigenvalue weighted by Crippen LogP contribution is 2.31. The molecule has 1 aromatic rings. The van der Waals surface area contributed by atoms with E-state index in [0.29, 0.717) is 6.04 Å². The normalized spacial score (nSPS) is 27.1. The third-order valence-electron chi connectivity index (χ3n) is 3.94. The standard InChI is InChI=1S/C14H21NO3/c1-9-6-7-15(10(2)8-9)11(3)12-4-5-13(18-12)14(16)17/h4-5,9-11H,6-8H2,1-3H3,(H,16,17). The molecule has 1 N–H and O–H groups in total. The maximum atomic E-state index is 10.8. The van der Waals surface area contributed by atoms with Crippen molar-refractivity contribution in [2.75, 3.05) is 6.54 Å². The van der Waals surface area contributed by atoms with Crippen molar-refractivity contribution in [3.8, 4) is 0 Å². The highest BCUT2D eigenvalue weighted by atomic mass is 16.4. The van der Waals surface area contributed by atoms with Gasteiger partial charge in [0.15, 0.2) is 0 Å². The topological polar surface area (TPSA) is 53.7 Å². The van der Waals surface area contributed by atoms with Crippen LogP contribution in [0.1, 0.15) is 56.0 Å². The van der Waals surface area contributed by atoms with E-state index in [1.165, 1.54) is 18.9 Å². The first-order chi connectivity index (χ1) is 8.49. The van der Waals surface area contributed by atoms with Crippen LogP contribution in [0, 0.1) is 5.92 Å². The van der Waals surface area contributed by atoms with E-state index in [9.17, 15) is 4.79 Å². The summed E-state index contributed by atoms with van der Waals surface area (Å²) in [5.74, 6) is 0.534. The lowest BCUT2D eigenvalue weighted by atomic mass is 9.92. The molecule has 0 bridgehead atoms. The molecule has 4 heteroatoms. The first kappa shape index (κ1) is 13.1. The first-order valence-corrected chi connectivity index (χ1v) is 6.57. The van der Waals surface area contributed by atoms with Gasteiger partial charge < -0.3 is 9.52 Å². The zero-order valence-corrected chi connectivity index (χ0v) is 11.2. The smallest absolute Gasteiger partial charge is 0.371 e. The number of piperidine rings is 1. The fourth-order valence-corrected chi connectivity index (χ4v) is 2.86. The van der Waals surface area contributed by atoms with Crippen LogP contribution in [0.15, 0.2) is 16.5 Å². The lowest BCUT2D eigenvalue weighted by Crippen LogP contribution is -2.41. The molecule has 100 valence electrons. The van der Waals surface area contributed by atoms with Crippen molar-refractivity contribution in [1.29, 1.82) is 0 Å². The van der Waals surface area contributed by atoms with Crippen molar-refractivity contribution in [2.24, 2.45) is 5.92 Å². The van der Waals surface area contributed by atoms with Gasteiger partial charge in [0.25, 0.3) is 0 Å². The predicted molar refractivity (Wildman–Crippen MR) is 68.6 cm³/mol. The Hall–Kier alpha value is -1.29. The molecule has 3 unspecified atom stereocenters. The van der Waals surface area contributed by atoms with Gasteiger partial charge in [0.2, 0.25) is 5.76 Å². The third-order valence-corrected chi connectivity index (χ3v) is 3.94. The van der Waals surface area contributed by atoms with Gasteiger partial charge in [-0.15, -0.1) is 0 Å². The lowest BCUT2D eigenvalue weighted by molar-refractivity contribution is 0.0632. The van der Waals surface area contributed by atoms with E-state index in [0.717, 1.165) is 18.2 Å². The molecule has 0 saturated carbocycles. The number of carboxylic acids is 1. The highest BCUT2D eigenvalue weighted by Gasteiger charge is 2.29. The van der Waals surface area contributed by atoms with Gasteiger partial charge in [0.05, 0.1) is 6.04 Å². The number of nitrogens with zero attached hydrogens (tertiary/aromatic N) is 1. The van der Waals surface area contributed by atoms with Crippen LogP contribution in [0.2, 0.25) is 0 Å². The SMILES string of the molecule is CC1CCN(C(C)c2ccc(C(=O)O)o2)C(C)C1. The van der Waals surface area contributed by atoms with Crippen LogP contribution in [-0.2, 0) is 0 Å². The van der Waals surface area contributed by atoms with Crippen molar-refractivity contribution < 1.29 is 14.3 Å². The zero-order chi connectivity index (χ0) is 13.3. The number of hydrogen-bond donors (Lipinski definition) is 1. The Kier molecular flexibility index (Phi) is 3.76. The second-order valence-corrected chi connectivity index (χ2v) is 5.40. The fourth-order valence-electron chi connectivity index (χ4n) is 2.86. The van der Waals surface area contributed by atoms with Gasteiger partial charge in [-0.05, 0) is 51.3 Å². The Labute approximate surface area is 108 Å². The van der Waals surface area contributed by atoms with Crippen molar-refractivity contribution in [1.82, 2.24) is 4.90 Å². The molecule has 3 atom stereocenters. The Morgan fingerprint density at radius 3 is 2.78 bits per heavy atom. The Morgan fingerprint density at radius 1 is 1.50 bits per heavy atom. The molecule has 4 nitrogen and oxygen atoms in total. The van der Waals surface area contributed by atoms with Crippen LogP contribution in [0.5, 0.6) is 0 Å². The third kappa shape index (κ3) is 2.58. The molecule has 2 heterocycles. The highest BCUT2D eigenvalue weighted by molar-refractivity contribution is 5.84. The van der Waals surface area contributed by atoms with E-state index in [-0.39, 0.29) is 11.8 Å². The molecule has 1 fully saturated rings. The number of rotatable bonds is 3. The maximum absolute atomic E-state index is 10.8. The molecule has 1 aromatic heterocycles. The number of carbonyl (C=O) groups is 1. The van der Waals surface area contributed by atoms with Gasteiger partial charge in [0.1, 0.15) is 5.76 Å². The summed E-state index contributed by atoms with van der Waals surface area (Å²) in [4.78, 5) is 13.2. The maximum Gasteiger partial charge on any atom is 0.371 e. The van der Waals surface area contributed by atoms with Gasteiger partial charge in [-0.25, -0.2) is 4.79 Å². The molecule has 18 heavy (non-hydrogen) atoms. The molecular formula is C14H21NO3. The molecular weight excluding hydrogens is 230 g/mol. The molecule has 2 rings (SSSR count). The summed E-state index contributed by atoms with van der Waals surface area (Å²) in [7, 11) is 0. The van der Waals surface area contributed by atoms with Crippen molar-refractivity contribution >= 4 is 5.97 Å². The van der Waals surface area contributed by atoms with E-state index < -0.39 is 5.97 Å². The van der Waals surface area contributed by atoms with Crippen LogP contribution < -0.4 is 0 Å². The molecule has 1 aliphatic rings.